The number of carbonyl (C=O) groups is 3. The quantitative estimate of drug-likeness (QED) is 0.0261. The molecule has 0 N–H and O–H groups in total. The Kier molecular flexibility index (Phi) is 62.7. The summed E-state index contributed by atoms with van der Waals surface area (Å²) in [4.78, 5) is 38.2. The molecule has 0 aromatic heterocycles. The summed E-state index contributed by atoms with van der Waals surface area (Å²) in [6, 6.07) is 0. The molecule has 0 heterocycles. The third-order valence-electron chi connectivity index (χ3n) is 14.3. The maximum atomic E-state index is 12.9. The first-order valence-corrected chi connectivity index (χ1v) is 33.2. The molecule has 0 amide bonds. The van der Waals surface area contributed by atoms with Gasteiger partial charge in [0.25, 0.3) is 0 Å². The molecule has 0 rings (SSSR count). The van der Waals surface area contributed by atoms with Crippen molar-refractivity contribution in [3.05, 3.63) is 97.2 Å². The average molecular weight is 1090 g/mol. The fourth-order valence-corrected chi connectivity index (χ4v) is 9.36. The second-order valence-electron chi connectivity index (χ2n) is 22.0. The predicted octanol–water partition coefficient (Wildman–Crippen LogP) is 22.8. The third-order valence-corrected chi connectivity index (χ3v) is 14.3. The zero-order chi connectivity index (χ0) is 56.4. The summed E-state index contributed by atoms with van der Waals surface area (Å²) in [5, 5.41) is 0. The van der Waals surface area contributed by atoms with E-state index < -0.39 is 6.10 Å². The van der Waals surface area contributed by atoms with Crippen LogP contribution in [0, 0.1) is 0 Å². The Hall–Kier alpha value is -3.67. The number of rotatable bonds is 60. The van der Waals surface area contributed by atoms with E-state index in [0.717, 1.165) is 122 Å². The first-order valence-electron chi connectivity index (χ1n) is 33.2. The van der Waals surface area contributed by atoms with E-state index in [4.69, 9.17) is 14.2 Å². The summed E-state index contributed by atoms with van der Waals surface area (Å²) >= 11 is 0. The van der Waals surface area contributed by atoms with Gasteiger partial charge in [0.05, 0.1) is 0 Å². The molecule has 1 atom stereocenters. The average Bonchev–Trinajstić information content (AvgIpc) is 3.44. The van der Waals surface area contributed by atoms with Crippen LogP contribution in [0.15, 0.2) is 97.2 Å². The van der Waals surface area contributed by atoms with Crippen LogP contribution in [0.4, 0.5) is 0 Å². The van der Waals surface area contributed by atoms with Crippen molar-refractivity contribution in [1.29, 1.82) is 0 Å². The van der Waals surface area contributed by atoms with Crippen molar-refractivity contribution in [3.63, 3.8) is 0 Å². The van der Waals surface area contributed by atoms with Crippen molar-refractivity contribution in [2.75, 3.05) is 13.2 Å². The largest absolute Gasteiger partial charge is 0.462 e. The highest BCUT2D eigenvalue weighted by molar-refractivity contribution is 5.71. The predicted molar refractivity (Wildman–Crippen MR) is 339 cm³/mol. The Balaban J connectivity index is 4.14. The lowest BCUT2D eigenvalue weighted by atomic mass is 10.0. The number of allylic oxidation sites excluding steroid dienone is 16. The standard InChI is InChI=1S/C72H124O6/c1-4-7-10-13-16-19-21-23-25-27-29-31-32-33-34-35-36-37-38-39-40-42-43-45-47-49-51-53-56-59-62-65-71(74)77-68-69(67-76-70(73)64-61-58-55-18-15-12-9-6-3)78-72(75)66-63-60-57-54-52-50-48-46-44-41-30-28-26-24-22-20-17-14-11-8-5-2/h8,11,17,20-21,23-24,26-27,29-30,32-33,41,46,48,69H,4-7,9-10,12-16,18-19,22,25,28,31,34-40,42-45,47,49-68H2,1-3H3/b11-8-,20-17-,23-21-,26-24-,29-27-,33-32-,41-30-,48-46-. The van der Waals surface area contributed by atoms with E-state index >= 15 is 0 Å². The molecule has 0 aliphatic rings. The number of esters is 3. The molecule has 0 aliphatic heterocycles. The molecule has 0 fully saturated rings. The van der Waals surface area contributed by atoms with Crippen LogP contribution in [0.3, 0.4) is 0 Å². The van der Waals surface area contributed by atoms with E-state index in [1.807, 2.05) is 0 Å². The Bertz CT molecular complexity index is 1530. The molecule has 0 saturated heterocycles. The molecule has 1 unspecified atom stereocenters. The number of hydrogen-bond donors (Lipinski definition) is 0. The SMILES string of the molecule is CC/C=C\C/C=C\C/C=C\C/C=C\C/C=C\CCCCCCCC(=O)OC(COC(=O)CCCCCCCCCC)COC(=O)CCCCCCCCCCCCCCCCCC/C=C\C/C=C\C/C=C\CCCCCCC. The second-order valence-corrected chi connectivity index (χ2v) is 22.0. The summed E-state index contributed by atoms with van der Waals surface area (Å²) in [7, 11) is 0. The minimum absolute atomic E-state index is 0.0831. The van der Waals surface area contributed by atoms with Gasteiger partial charge >= 0.3 is 17.9 Å². The topological polar surface area (TPSA) is 78.9 Å². The molecule has 0 saturated carbocycles. The lowest BCUT2D eigenvalue weighted by Crippen LogP contribution is -2.30. The highest BCUT2D eigenvalue weighted by atomic mass is 16.6. The van der Waals surface area contributed by atoms with E-state index in [-0.39, 0.29) is 31.1 Å². The molecule has 0 spiro atoms. The molecular formula is C72H124O6. The van der Waals surface area contributed by atoms with Gasteiger partial charge < -0.3 is 14.2 Å². The van der Waals surface area contributed by atoms with Gasteiger partial charge in [-0.1, -0.05) is 298 Å². The van der Waals surface area contributed by atoms with Gasteiger partial charge in [0.1, 0.15) is 13.2 Å². The smallest absolute Gasteiger partial charge is 0.306 e. The van der Waals surface area contributed by atoms with Gasteiger partial charge in [0, 0.05) is 19.3 Å². The van der Waals surface area contributed by atoms with E-state index in [0.29, 0.717) is 19.3 Å². The Morgan fingerprint density at radius 3 is 0.782 bits per heavy atom. The molecule has 0 aliphatic carbocycles. The zero-order valence-corrected chi connectivity index (χ0v) is 51.4. The maximum Gasteiger partial charge on any atom is 0.306 e. The van der Waals surface area contributed by atoms with Crippen molar-refractivity contribution in [3.8, 4) is 0 Å². The summed E-state index contributed by atoms with van der Waals surface area (Å²) in [6.45, 7) is 6.49. The Morgan fingerprint density at radius 2 is 0.500 bits per heavy atom. The highest BCUT2D eigenvalue weighted by Gasteiger charge is 2.19. The van der Waals surface area contributed by atoms with E-state index in [1.54, 1.807) is 0 Å². The van der Waals surface area contributed by atoms with Crippen molar-refractivity contribution < 1.29 is 28.6 Å². The first kappa shape index (κ1) is 74.3. The van der Waals surface area contributed by atoms with Crippen molar-refractivity contribution in [2.45, 2.75) is 329 Å². The minimum atomic E-state index is -0.786. The highest BCUT2D eigenvalue weighted by Crippen LogP contribution is 2.17. The van der Waals surface area contributed by atoms with Crippen LogP contribution in [-0.4, -0.2) is 37.2 Å². The van der Waals surface area contributed by atoms with Gasteiger partial charge in [-0.2, -0.15) is 0 Å². The zero-order valence-electron chi connectivity index (χ0n) is 51.4. The normalized spacial score (nSPS) is 12.7. The minimum Gasteiger partial charge on any atom is -0.462 e. The molecule has 6 heteroatoms. The molecular weight excluding hydrogens is 961 g/mol. The number of hydrogen-bond acceptors (Lipinski definition) is 6. The molecule has 0 bridgehead atoms. The Labute approximate surface area is 483 Å². The van der Waals surface area contributed by atoms with Crippen LogP contribution in [0.5, 0.6) is 0 Å². The molecule has 0 radical (unpaired) electrons. The summed E-state index contributed by atoms with van der Waals surface area (Å²) < 4.78 is 16.9. The van der Waals surface area contributed by atoms with Crippen LogP contribution in [0.2, 0.25) is 0 Å². The molecule has 0 aromatic carbocycles. The lowest BCUT2D eigenvalue weighted by molar-refractivity contribution is -0.167. The maximum absolute atomic E-state index is 12.9. The van der Waals surface area contributed by atoms with Gasteiger partial charge in [-0.15, -0.1) is 0 Å². The fourth-order valence-electron chi connectivity index (χ4n) is 9.36. The van der Waals surface area contributed by atoms with Gasteiger partial charge in [0.15, 0.2) is 6.10 Å². The van der Waals surface area contributed by atoms with E-state index in [9.17, 15) is 14.4 Å². The van der Waals surface area contributed by atoms with E-state index in [2.05, 4.69) is 118 Å². The summed E-state index contributed by atoms with van der Waals surface area (Å²) in [5.74, 6) is -0.897. The van der Waals surface area contributed by atoms with Crippen molar-refractivity contribution in [2.24, 2.45) is 0 Å². The first-order chi connectivity index (χ1) is 38.5. The fraction of sp³-hybridized carbons (Fsp3) is 0.736. The van der Waals surface area contributed by atoms with Gasteiger partial charge in [-0.25, -0.2) is 0 Å². The molecule has 0 aromatic rings. The second kappa shape index (κ2) is 65.8. The lowest BCUT2D eigenvalue weighted by Gasteiger charge is -2.18. The summed E-state index contributed by atoms with van der Waals surface area (Å²) in [5.41, 5.74) is 0. The third kappa shape index (κ3) is 63.2. The van der Waals surface area contributed by atoms with Gasteiger partial charge in [0.2, 0.25) is 0 Å². The molecule has 448 valence electrons. The molecule has 6 nitrogen and oxygen atoms in total. The van der Waals surface area contributed by atoms with Crippen molar-refractivity contribution in [1.82, 2.24) is 0 Å². The van der Waals surface area contributed by atoms with Crippen LogP contribution in [0.1, 0.15) is 323 Å². The van der Waals surface area contributed by atoms with Crippen LogP contribution < -0.4 is 0 Å². The van der Waals surface area contributed by atoms with Crippen LogP contribution >= 0.6 is 0 Å². The number of ether oxygens (including phenoxy) is 3. The van der Waals surface area contributed by atoms with E-state index in [1.165, 1.54) is 161 Å². The monoisotopic (exact) mass is 1080 g/mol. The van der Waals surface area contributed by atoms with Gasteiger partial charge in [-0.3, -0.25) is 14.4 Å². The van der Waals surface area contributed by atoms with Crippen LogP contribution in [0.25, 0.3) is 0 Å². The molecule has 78 heavy (non-hydrogen) atoms. The number of carbonyl (C=O) groups excluding carboxylic acids is 3. The van der Waals surface area contributed by atoms with Crippen molar-refractivity contribution >= 4 is 17.9 Å². The number of unbranched alkanes of at least 4 members (excludes halogenated alkanes) is 33. The van der Waals surface area contributed by atoms with Crippen LogP contribution in [-0.2, 0) is 28.6 Å². The Morgan fingerprint density at radius 1 is 0.269 bits per heavy atom. The van der Waals surface area contributed by atoms with Gasteiger partial charge in [-0.05, 0) is 103 Å². The summed E-state index contributed by atoms with van der Waals surface area (Å²) in [6.07, 6.45) is 88.7.